The molecule has 126 valence electrons. The number of carbonyl (C=O) groups excluding carboxylic acids is 1. The third kappa shape index (κ3) is 4.59. The zero-order chi connectivity index (χ0) is 18.4. The first kappa shape index (κ1) is 18.0. The molecule has 0 aromatic heterocycles. The van der Waals surface area contributed by atoms with Crippen molar-refractivity contribution in [3.8, 4) is 11.8 Å². The molecular formula is C18H13ClN2O4. The number of nitrogens with zero attached hydrogens (tertiary/aromatic N) is 1. The van der Waals surface area contributed by atoms with Crippen molar-refractivity contribution in [2.75, 3.05) is 12.4 Å². The van der Waals surface area contributed by atoms with Crippen LogP contribution in [0.2, 0.25) is 5.02 Å². The van der Waals surface area contributed by atoms with Crippen LogP contribution in [0.5, 0.6) is 5.75 Å². The Hall–Kier alpha value is -3.30. The van der Waals surface area contributed by atoms with Gasteiger partial charge in [-0.3, -0.25) is 4.79 Å². The second-order valence-electron chi connectivity index (χ2n) is 4.90. The quantitative estimate of drug-likeness (QED) is 0.630. The first-order chi connectivity index (χ1) is 11.9. The van der Waals surface area contributed by atoms with Crippen LogP contribution in [0.15, 0.2) is 48.0 Å². The zero-order valence-electron chi connectivity index (χ0n) is 13.1. The molecule has 0 aliphatic carbocycles. The topological polar surface area (TPSA) is 99.4 Å². The number of aromatic carboxylic acids is 1. The van der Waals surface area contributed by atoms with E-state index in [1.165, 1.54) is 25.3 Å². The highest BCUT2D eigenvalue weighted by atomic mass is 35.5. The number of anilines is 1. The normalized spacial score (nSPS) is 10.7. The lowest BCUT2D eigenvalue weighted by Crippen LogP contribution is -2.13. The predicted octanol–water partition coefficient (Wildman–Crippen LogP) is 3.59. The van der Waals surface area contributed by atoms with Gasteiger partial charge in [0, 0.05) is 10.7 Å². The number of hydrogen-bond acceptors (Lipinski definition) is 4. The molecule has 6 nitrogen and oxygen atoms in total. The Bertz CT molecular complexity index is 883. The largest absolute Gasteiger partial charge is 0.496 e. The first-order valence-corrected chi connectivity index (χ1v) is 7.42. The fraction of sp³-hybridized carbons (Fsp3) is 0.0556. The van der Waals surface area contributed by atoms with Gasteiger partial charge < -0.3 is 15.2 Å². The van der Waals surface area contributed by atoms with E-state index in [1.54, 1.807) is 36.4 Å². The molecule has 0 saturated heterocycles. The maximum absolute atomic E-state index is 12.2. The summed E-state index contributed by atoms with van der Waals surface area (Å²) < 4.78 is 4.97. The number of carboxylic acid groups (broad SMARTS) is 1. The smallest absolute Gasteiger partial charge is 0.339 e. The molecule has 0 aliphatic heterocycles. The molecule has 2 rings (SSSR count). The predicted molar refractivity (Wildman–Crippen MR) is 93.6 cm³/mol. The van der Waals surface area contributed by atoms with E-state index in [0.717, 1.165) is 0 Å². The molecule has 0 atom stereocenters. The summed E-state index contributed by atoms with van der Waals surface area (Å²) in [6.45, 7) is 0. The molecule has 2 aromatic rings. The third-order valence-corrected chi connectivity index (χ3v) is 3.48. The molecule has 0 radical (unpaired) electrons. The average molecular weight is 357 g/mol. The minimum absolute atomic E-state index is 0.0633. The summed E-state index contributed by atoms with van der Waals surface area (Å²) in [5.41, 5.74) is 0.639. The SMILES string of the molecule is COc1ccc(/C=C(/C#N)C(=O)Nc2ccc(Cl)cc2)cc1C(=O)O. The number of halogens is 1. The number of methoxy groups -OCH3 is 1. The molecule has 0 spiro atoms. The van der Waals surface area contributed by atoms with Crippen molar-refractivity contribution in [2.24, 2.45) is 0 Å². The first-order valence-electron chi connectivity index (χ1n) is 7.04. The number of rotatable bonds is 5. The highest BCUT2D eigenvalue weighted by Crippen LogP contribution is 2.22. The molecule has 25 heavy (non-hydrogen) atoms. The van der Waals surface area contributed by atoms with Crippen LogP contribution in [-0.2, 0) is 4.79 Å². The van der Waals surface area contributed by atoms with Crippen molar-refractivity contribution >= 4 is 35.2 Å². The summed E-state index contributed by atoms with van der Waals surface area (Å²) in [5.74, 6) is -1.59. The van der Waals surface area contributed by atoms with E-state index in [9.17, 15) is 20.0 Å². The Morgan fingerprint density at radius 1 is 1.24 bits per heavy atom. The van der Waals surface area contributed by atoms with Gasteiger partial charge in [-0.2, -0.15) is 5.26 Å². The second-order valence-corrected chi connectivity index (χ2v) is 5.33. The number of amides is 1. The lowest BCUT2D eigenvalue weighted by Gasteiger charge is -2.07. The van der Waals surface area contributed by atoms with Crippen LogP contribution in [0, 0.1) is 11.3 Å². The van der Waals surface area contributed by atoms with Gasteiger partial charge in [-0.15, -0.1) is 0 Å². The fourth-order valence-electron chi connectivity index (χ4n) is 2.03. The van der Waals surface area contributed by atoms with Gasteiger partial charge in [0.15, 0.2) is 0 Å². The zero-order valence-corrected chi connectivity index (χ0v) is 13.9. The van der Waals surface area contributed by atoms with E-state index < -0.39 is 11.9 Å². The lowest BCUT2D eigenvalue weighted by atomic mass is 10.1. The van der Waals surface area contributed by atoms with E-state index in [0.29, 0.717) is 16.3 Å². The van der Waals surface area contributed by atoms with Crippen LogP contribution in [0.1, 0.15) is 15.9 Å². The van der Waals surface area contributed by atoms with Crippen LogP contribution in [0.4, 0.5) is 5.69 Å². The van der Waals surface area contributed by atoms with Gasteiger partial charge in [-0.1, -0.05) is 17.7 Å². The van der Waals surface area contributed by atoms with Gasteiger partial charge in [0.25, 0.3) is 5.91 Å². The minimum atomic E-state index is -1.17. The van der Waals surface area contributed by atoms with Gasteiger partial charge in [0.1, 0.15) is 23.0 Å². The van der Waals surface area contributed by atoms with Gasteiger partial charge in [-0.05, 0) is 48.0 Å². The van der Waals surface area contributed by atoms with E-state index >= 15 is 0 Å². The number of carbonyl (C=O) groups is 2. The number of nitrogens with one attached hydrogen (secondary N) is 1. The molecule has 0 heterocycles. The molecule has 0 saturated carbocycles. The van der Waals surface area contributed by atoms with Crippen molar-refractivity contribution in [1.82, 2.24) is 0 Å². The number of carboxylic acids is 1. The van der Waals surface area contributed by atoms with E-state index in [4.69, 9.17) is 16.3 Å². The Morgan fingerprint density at radius 3 is 2.48 bits per heavy atom. The molecule has 0 unspecified atom stereocenters. The average Bonchev–Trinajstić information content (AvgIpc) is 2.61. The Kier molecular flexibility index (Phi) is 5.77. The molecule has 0 bridgehead atoms. The van der Waals surface area contributed by atoms with Gasteiger partial charge in [0.2, 0.25) is 0 Å². The van der Waals surface area contributed by atoms with E-state index in [1.807, 2.05) is 0 Å². The molecule has 2 N–H and O–H groups in total. The summed E-state index contributed by atoms with van der Waals surface area (Å²) in [7, 11) is 1.36. The van der Waals surface area contributed by atoms with Crippen molar-refractivity contribution < 1.29 is 19.4 Å². The van der Waals surface area contributed by atoms with Crippen molar-refractivity contribution in [3.63, 3.8) is 0 Å². The number of nitriles is 1. The highest BCUT2D eigenvalue weighted by Gasteiger charge is 2.13. The highest BCUT2D eigenvalue weighted by molar-refractivity contribution is 6.30. The number of hydrogen-bond donors (Lipinski definition) is 2. The van der Waals surface area contributed by atoms with Crippen molar-refractivity contribution in [1.29, 1.82) is 5.26 Å². The van der Waals surface area contributed by atoms with Gasteiger partial charge >= 0.3 is 5.97 Å². The Labute approximate surface area is 148 Å². The van der Waals surface area contributed by atoms with Crippen molar-refractivity contribution in [3.05, 3.63) is 64.2 Å². The van der Waals surface area contributed by atoms with Crippen LogP contribution >= 0.6 is 11.6 Å². The number of benzene rings is 2. The maximum Gasteiger partial charge on any atom is 0.339 e. The van der Waals surface area contributed by atoms with Crippen molar-refractivity contribution in [2.45, 2.75) is 0 Å². The van der Waals surface area contributed by atoms with Crippen LogP contribution in [0.3, 0.4) is 0 Å². The minimum Gasteiger partial charge on any atom is -0.496 e. The second kappa shape index (κ2) is 7.99. The molecule has 0 aliphatic rings. The summed E-state index contributed by atoms with van der Waals surface area (Å²) in [6, 6.07) is 12.6. The van der Waals surface area contributed by atoms with Crippen LogP contribution < -0.4 is 10.1 Å². The monoisotopic (exact) mass is 356 g/mol. The summed E-state index contributed by atoms with van der Waals surface area (Å²) in [6.07, 6.45) is 1.30. The van der Waals surface area contributed by atoms with Crippen LogP contribution in [0.25, 0.3) is 6.08 Å². The van der Waals surface area contributed by atoms with Crippen LogP contribution in [-0.4, -0.2) is 24.1 Å². The van der Waals surface area contributed by atoms with Gasteiger partial charge in [-0.25, -0.2) is 4.79 Å². The standard InChI is InChI=1S/C18H13ClN2O4/c1-25-16-7-2-11(9-15(16)18(23)24)8-12(10-20)17(22)21-14-5-3-13(19)4-6-14/h2-9H,1H3,(H,21,22)(H,23,24)/b12-8-. The Morgan fingerprint density at radius 2 is 1.92 bits per heavy atom. The van der Waals surface area contributed by atoms with E-state index in [2.05, 4.69) is 5.32 Å². The summed E-state index contributed by atoms with van der Waals surface area (Å²) in [4.78, 5) is 23.4. The van der Waals surface area contributed by atoms with Gasteiger partial charge in [0.05, 0.1) is 7.11 Å². The fourth-order valence-corrected chi connectivity index (χ4v) is 2.16. The lowest BCUT2D eigenvalue weighted by molar-refractivity contribution is -0.112. The summed E-state index contributed by atoms with van der Waals surface area (Å²) in [5, 5.41) is 21.5. The summed E-state index contributed by atoms with van der Waals surface area (Å²) >= 11 is 5.78. The molecule has 0 fully saturated rings. The molecular weight excluding hydrogens is 344 g/mol. The van der Waals surface area contributed by atoms with E-state index in [-0.39, 0.29) is 16.9 Å². The number of ether oxygens (including phenoxy) is 1. The maximum atomic E-state index is 12.2. The Balaban J connectivity index is 2.29. The molecule has 1 amide bonds. The third-order valence-electron chi connectivity index (χ3n) is 3.23. The molecule has 2 aromatic carbocycles. The molecule has 7 heteroatoms.